The minimum atomic E-state index is -0.571. The molecule has 29 heavy (non-hydrogen) atoms. The molecule has 1 aliphatic heterocycles. The summed E-state index contributed by atoms with van der Waals surface area (Å²) in [6, 6.07) is 21.8. The average Bonchev–Trinajstić information content (AvgIpc) is 2.72. The van der Waals surface area contributed by atoms with Crippen LogP contribution in [-0.4, -0.2) is 17.9 Å². The normalized spacial score (nSPS) is 15.4. The van der Waals surface area contributed by atoms with Gasteiger partial charge in [-0.25, -0.2) is 0 Å². The van der Waals surface area contributed by atoms with Gasteiger partial charge in [-0.3, -0.25) is 9.59 Å². The topological polar surface area (TPSA) is 58.6 Å². The van der Waals surface area contributed by atoms with Crippen LogP contribution in [-0.2, 0) is 11.3 Å². The number of carbonyl (C=O) groups is 2. The predicted molar refractivity (Wildman–Crippen MR) is 114 cm³/mol. The smallest absolute Gasteiger partial charge is 0.268 e. The number of nitrogens with one attached hydrogen (secondary N) is 1. The van der Waals surface area contributed by atoms with Crippen molar-refractivity contribution >= 4 is 34.8 Å². The fourth-order valence-corrected chi connectivity index (χ4v) is 3.44. The van der Waals surface area contributed by atoms with Crippen molar-refractivity contribution in [2.45, 2.75) is 19.6 Å². The second-order valence-electron chi connectivity index (χ2n) is 6.82. The molecule has 1 heterocycles. The van der Waals surface area contributed by atoms with Crippen LogP contribution in [0.5, 0.6) is 5.75 Å². The fourth-order valence-electron chi connectivity index (χ4n) is 3.25. The maximum Gasteiger partial charge on any atom is 0.268 e. The third kappa shape index (κ3) is 4.10. The molecule has 2 amide bonds. The molecule has 0 radical (unpaired) electrons. The standard InChI is InChI=1S/C23H19ClN2O3/c1-15-23(28)26(14-16-6-3-2-4-7-16)20-13-19(10-11-21(20)29-15)25-22(27)17-8-5-9-18(24)12-17/h2-13,15H,14H2,1H3,(H,25,27). The molecule has 1 aliphatic rings. The van der Waals surface area contributed by atoms with Gasteiger partial charge in [-0.15, -0.1) is 0 Å². The molecule has 5 nitrogen and oxygen atoms in total. The monoisotopic (exact) mass is 406 g/mol. The Morgan fingerprint density at radius 2 is 1.86 bits per heavy atom. The average molecular weight is 407 g/mol. The first-order valence-electron chi connectivity index (χ1n) is 9.24. The quantitative estimate of drug-likeness (QED) is 0.670. The number of amides is 2. The molecule has 1 N–H and O–H groups in total. The Morgan fingerprint density at radius 1 is 1.07 bits per heavy atom. The Balaban J connectivity index is 1.63. The summed E-state index contributed by atoms with van der Waals surface area (Å²) in [6.07, 6.45) is -0.571. The van der Waals surface area contributed by atoms with E-state index < -0.39 is 6.10 Å². The van der Waals surface area contributed by atoms with E-state index in [2.05, 4.69) is 5.32 Å². The fraction of sp³-hybridized carbons (Fsp3) is 0.130. The van der Waals surface area contributed by atoms with Crippen LogP contribution < -0.4 is 15.0 Å². The van der Waals surface area contributed by atoms with E-state index >= 15 is 0 Å². The maximum atomic E-state index is 12.8. The van der Waals surface area contributed by atoms with Crippen molar-refractivity contribution in [2.24, 2.45) is 0 Å². The van der Waals surface area contributed by atoms with Gasteiger partial charge >= 0.3 is 0 Å². The molecule has 0 saturated heterocycles. The number of rotatable bonds is 4. The maximum absolute atomic E-state index is 12.8. The summed E-state index contributed by atoms with van der Waals surface area (Å²) >= 11 is 5.97. The highest BCUT2D eigenvalue weighted by atomic mass is 35.5. The highest BCUT2D eigenvalue weighted by Crippen LogP contribution is 2.37. The number of fused-ring (bicyclic) bond motifs is 1. The highest BCUT2D eigenvalue weighted by Gasteiger charge is 2.31. The van der Waals surface area contributed by atoms with Crippen molar-refractivity contribution in [3.63, 3.8) is 0 Å². The summed E-state index contributed by atoms with van der Waals surface area (Å²) in [4.78, 5) is 27.0. The first-order chi connectivity index (χ1) is 14.0. The number of hydrogen-bond acceptors (Lipinski definition) is 3. The Morgan fingerprint density at radius 3 is 2.62 bits per heavy atom. The lowest BCUT2D eigenvalue weighted by molar-refractivity contribution is -0.125. The van der Waals surface area contributed by atoms with Crippen LogP contribution in [0.25, 0.3) is 0 Å². The lowest BCUT2D eigenvalue weighted by Gasteiger charge is -2.33. The molecule has 0 fully saturated rings. The van der Waals surface area contributed by atoms with E-state index in [9.17, 15) is 9.59 Å². The van der Waals surface area contributed by atoms with E-state index in [0.717, 1.165) is 5.56 Å². The molecule has 4 rings (SSSR count). The zero-order valence-electron chi connectivity index (χ0n) is 15.8. The molecule has 6 heteroatoms. The Kier molecular flexibility index (Phi) is 5.23. The van der Waals surface area contributed by atoms with Crippen LogP contribution in [0.3, 0.4) is 0 Å². The third-order valence-corrected chi connectivity index (χ3v) is 4.93. The molecule has 0 aromatic heterocycles. The minimum absolute atomic E-state index is 0.125. The Bertz CT molecular complexity index is 1070. The van der Waals surface area contributed by atoms with Gasteiger partial charge in [-0.05, 0) is 48.9 Å². The molecule has 0 spiro atoms. The number of anilines is 2. The van der Waals surface area contributed by atoms with Gasteiger partial charge in [0.15, 0.2) is 6.10 Å². The summed E-state index contributed by atoms with van der Waals surface area (Å²) in [5.41, 5.74) is 2.66. The summed E-state index contributed by atoms with van der Waals surface area (Å²) in [6.45, 7) is 2.16. The second-order valence-corrected chi connectivity index (χ2v) is 7.25. The lowest BCUT2D eigenvalue weighted by atomic mass is 10.1. The van der Waals surface area contributed by atoms with E-state index in [1.807, 2.05) is 30.3 Å². The van der Waals surface area contributed by atoms with Gasteiger partial charge in [-0.2, -0.15) is 0 Å². The predicted octanol–water partition coefficient (Wildman–Crippen LogP) is 4.91. The van der Waals surface area contributed by atoms with E-state index in [1.165, 1.54) is 0 Å². The molecule has 1 atom stereocenters. The van der Waals surface area contributed by atoms with Crippen LogP contribution in [0.1, 0.15) is 22.8 Å². The summed E-state index contributed by atoms with van der Waals surface area (Å²) < 4.78 is 5.75. The van der Waals surface area contributed by atoms with Gasteiger partial charge < -0.3 is 15.0 Å². The zero-order valence-corrected chi connectivity index (χ0v) is 16.5. The van der Waals surface area contributed by atoms with Crippen molar-refractivity contribution in [1.82, 2.24) is 0 Å². The lowest BCUT2D eigenvalue weighted by Crippen LogP contribution is -2.44. The number of halogens is 1. The summed E-state index contributed by atoms with van der Waals surface area (Å²) in [5, 5.41) is 3.35. The number of hydrogen-bond donors (Lipinski definition) is 1. The SMILES string of the molecule is CC1Oc2ccc(NC(=O)c3cccc(Cl)c3)cc2N(Cc2ccccc2)C1=O. The van der Waals surface area contributed by atoms with Crippen LogP contribution >= 0.6 is 11.6 Å². The molecule has 146 valence electrons. The van der Waals surface area contributed by atoms with Crippen molar-refractivity contribution in [2.75, 3.05) is 10.2 Å². The van der Waals surface area contributed by atoms with Crippen molar-refractivity contribution in [3.05, 3.63) is 88.9 Å². The van der Waals surface area contributed by atoms with E-state index in [1.54, 1.807) is 54.3 Å². The first kappa shape index (κ1) is 19.0. The van der Waals surface area contributed by atoms with Crippen LogP contribution in [0.15, 0.2) is 72.8 Å². The number of carbonyl (C=O) groups excluding carboxylic acids is 2. The molecule has 1 unspecified atom stereocenters. The number of benzene rings is 3. The molecular weight excluding hydrogens is 388 g/mol. The number of nitrogens with zero attached hydrogens (tertiary/aromatic N) is 1. The first-order valence-corrected chi connectivity index (χ1v) is 9.62. The van der Waals surface area contributed by atoms with Crippen LogP contribution in [0, 0.1) is 0 Å². The summed E-state index contributed by atoms with van der Waals surface area (Å²) in [5.74, 6) is 0.201. The van der Waals surface area contributed by atoms with Crippen molar-refractivity contribution in [1.29, 1.82) is 0 Å². The zero-order chi connectivity index (χ0) is 20.4. The van der Waals surface area contributed by atoms with E-state index in [4.69, 9.17) is 16.3 Å². The van der Waals surface area contributed by atoms with Gasteiger partial charge in [-0.1, -0.05) is 48.0 Å². The van der Waals surface area contributed by atoms with Crippen molar-refractivity contribution in [3.8, 4) is 5.75 Å². The minimum Gasteiger partial charge on any atom is -0.479 e. The summed E-state index contributed by atoms with van der Waals surface area (Å²) in [7, 11) is 0. The molecular formula is C23H19ClN2O3. The molecule has 0 saturated carbocycles. The van der Waals surface area contributed by atoms with Gasteiger partial charge in [0.1, 0.15) is 5.75 Å². The van der Waals surface area contributed by atoms with Crippen molar-refractivity contribution < 1.29 is 14.3 Å². The largest absolute Gasteiger partial charge is 0.479 e. The van der Waals surface area contributed by atoms with E-state index in [0.29, 0.717) is 34.3 Å². The van der Waals surface area contributed by atoms with Gasteiger partial charge in [0.05, 0.1) is 12.2 Å². The highest BCUT2D eigenvalue weighted by molar-refractivity contribution is 6.31. The number of ether oxygens (including phenoxy) is 1. The molecule has 0 bridgehead atoms. The molecule has 0 aliphatic carbocycles. The Labute approximate surface area is 173 Å². The molecule has 3 aromatic rings. The van der Waals surface area contributed by atoms with Gasteiger partial charge in [0, 0.05) is 16.3 Å². The molecule has 3 aromatic carbocycles. The second kappa shape index (κ2) is 7.97. The van der Waals surface area contributed by atoms with Gasteiger partial charge in [0.2, 0.25) is 0 Å². The van der Waals surface area contributed by atoms with Crippen LogP contribution in [0.4, 0.5) is 11.4 Å². The Hall–Kier alpha value is -3.31. The third-order valence-electron chi connectivity index (χ3n) is 4.70. The van der Waals surface area contributed by atoms with Crippen LogP contribution in [0.2, 0.25) is 5.02 Å². The van der Waals surface area contributed by atoms with E-state index in [-0.39, 0.29) is 11.8 Å². The van der Waals surface area contributed by atoms with Gasteiger partial charge in [0.25, 0.3) is 11.8 Å².